The van der Waals surface area contributed by atoms with Crippen LogP contribution in [0.5, 0.6) is 0 Å². The second kappa shape index (κ2) is 4.96. The highest BCUT2D eigenvalue weighted by Crippen LogP contribution is 2.08. The van der Waals surface area contributed by atoms with Crippen molar-refractivity contribution in [2.75, 3.05) is 0 Å². The molecule has 15 heavy (non-hydrogen) atoms. The molecule has 0 aromatic carbocycles. The Bertz CT molecular complexity index is 397. The van der Waals surface area contributed by atoms with Gasteiger partial charge in [-0.15, -0.1) is 0 Å². The summed E-state index contributed by atoms with van der Waals surface area (Å²) in [5, 5.41) is 0. The number of aromatic nitrogens is 1. The first-order valence-electron chi connectivity index (χ1n) is 5.31. The Labute approximate surface area is 88.5 Å². The summed E-state index contributed by atoms with van der Waals surface area (Å²) in [4.78, 5) is 23.0. The van der Waals surface area contributed by atoms with E-state index in [1.54, 1.807) is 0 Å². The molecule has 0 atom stereocenters. The van der Waals surface area contributed by atoms with Crippen LogP contribution in [0, 0.1) is 0 Å². The lowest BCUT2D eigenvalue weighted by Crippen LogP contribution is -2.32. The first-order valence-corrected chi connectivity index (χ1v) is 5.31. The fourth-order valence-corrected chi connectivity index (χ4v) is 1.28. The molecule has 0 saturated heterocycles. The van der Waals surface area contributed by atoms with Crippen LogP contribution in [0.1, 0.15) is 45.3 Å². The third-order valence-corrected chi connectivity index (χ3v) is 2.26. The number of nitrogens with zero attached hydrogens (tertiary/aromatic N) is 1. The maximum Gasteiger partial charge on any atom is 0.421 e. The van der Waals surface area contributed by atoms with E-state index in [0.29, 0.717) is 12.3 Å². The first kappa shape index (κ1) is 11.8. The average molecular weight is 211 g/mol. The molecule has 0 amide bonds. The predicted molar refractivity (Wildman–Crippen MR) is 58.2 cm³/mol. The second-order valence-electron chi connectivity index (χ2n) is 3.91. The topological polar surface area (TPSA) is 52.2 Å². The van der Waals surface area contributed by atoms with Gasteiger partial charge in [0, 0.05) is 18.5 Å². The van der Waals surface area contributed by atoms with E-state index in [2.05, 4.69) is 0 Å². The summed E-state index contributed by atoms with van der Waals surface area (Å²) in [6, 6.07) is 1.40. The van der Waals surface area contributed by atoms with E-state index in [1.165, 1.54) is 6.07 Å². The lowest BCUT2D eigenvalue weighted by molar-refractivity contribution is 0.371. The normalized spacial score (nSPS) is 10.9. The highest BCUT2D eigenvalue weighted by atomic mass is 16.4. The van der Waals surface area contributed by atoms with Crippen molar-refractivity contribution >= 4 is 0 Å². The molecule has 0 aliphatic carbocycles. The molecule has 84 valence electrons. The molecule has 0 unspecified atom stereocenters. The van der Waals surface area contributed by atoms with Crippen LogP contribution >= 0.6 is 0 Å². The molecule has 0 radical (unpaired) electrons. The van der Waals surface area contributed by atoms with Crippen LogP contribution in [-0.4, -0.2) is 4.57 Å². The third kappa shape index (κ3) is 2.81. The van der Waals surface area contributed by atoms with Gasteiger partial charge in [-0.3, -0.25) is 4.79 Å². The highest BCUT2D eigenvalue weighted by molar-refractivity contribution is 4.99. The van der Waals surface area contributed by atoms with E-state index >= 15 is 0 Å². The Balaban J connectivity index is 3.11. The van der Waals surface area contributed by atoms with Crippen molar-refractivity contribution in [3.8, 4) is 0 Å². The molecule has 0 aliphatic heterocycles. The molecule has 0 spiro atoms. The van der Waals surface area contributed by atoms with Gasteiger partial charge in [0.2, 0.25) is 0 Å². The Hall–Kier alpha value is -1.32. The molecule has 0 saturated carbocycles. The zero-order valence-corrected chi connectivity index (χ0v) is 9.45. The largest absolute Gasteiger partial charge is 0.421 e. The van der Waals surface area contributed by atoms with Crippen molar-refractivity contribution in [2.24, 2.45) is 0 Å². The van der Waals surface area contributed by atoms with Crippen LogP contribution in [0.4, 0.5) is 0 Å². The summed E-state index contributed by atoms with van der Waals surface area (Å²) in [5.74, 6) is -0.0244. The van der Waals surface area contributed by atoms with Gasteiger partial charge >= 0.3 is 5.76 Å². The molecule has 1 aromatic rings. The molecule has 0 bridgehead atoms. The van der Waals surface area contributed by atoms with Crippen LogP contribution in [0.15, 0.2) is 20.1 Å². The van der Waals surface area contributed by atoms with Crippen LogP contribution in [0.2, 0.25) is 0 Å². The zero-order chi connectivity index (χ0) is 11.4. The van der Waals surface area contributed by atoms with Gasteiger partial charge < -0.3 is 4.42 Å². The Morgan fingerprint density at radius 3 is 2.53 bits per heavy atom. The van der Waals surface area contributed by atoms with Gasteiger partial charge in [0.1, 0.15) is 5.76 Å². The molecule has 1 aromatic heterocycles. The van der Waals surface area contributed by atoms with Crippen molar-refractivity contribution in [2.45, 2.75) is 46.1 Å². The summed E-state index contributed by atoms with van der Waals surface area (Å²) >= 11 is 0. The Morgan fingerprint density at radius 1 is 1.40 bits per heavy atom. The first-order chi connectivity index (χ1) is 7.06. The number of hydrogen-bond donors (Lipinski definition) is 0. The van der Waals surface area contributed by atoms with Crippen molar-refractivity contribution in [3.63, 3.8) is 0 Å². The van der Waals surface area contributed by atoms with Gasteiger partial charge in [-0.1, -0.05) is 27.2 Å². The monoisotopic (exact) mass is 211 g/mol. The minimum atomic E-state index is -0.542. The van der Waals surface area contributed by atoms with Crippen LogP contribution < -0.4 is 11.3 Å². The van der Waals surface area contributed by atoms with Crippen LogP contribution in [-0.2, 0) is 6.54 Å². The fraction of sp³-hybridized carbons (Fsp3) is 0.636. The fourth-order valence-electron chi connectivity index (χ4n) is 1.28. The minimum Gasteiger partial charge on any atom is -0.414 e. The van der Waals surface area contributed by atoms with E-state index in [0.717, 1.165) is 17.4 Å². The molecular formula is C11H17NO3. The standard InChI is InChI=1S/C11H17NO3/c1-4-5-6-12-10(13)7-9(8(2)3)15-11(12)14/h7-8H,4-6H2,1-3H3. The quantitative estimate of drug-likeness (QED) is 0.762. The van der Waals surface area contributed by atoms with Gasteiger partial charge in [0.25, 0.3) is 5.56 Å². The molecule has 1 heterocycles. The summed E-state index contributed by atoms with van der Waals surface area (Å²) in [7, 11) is 0. The summed E-state index contributed by atoms with van der Waals surface area (Å²) in [5.41, 5.74) is -0.261. The second-order valence-corrected chi connectivity index (χ2v) is 3.91. The Morgan fingerprint density at radius 2 is 2.07 bits per heavy atom. The van der Waals surface area contributed by atoms with Gasteiger partial charge in [0.15, 0.2) is 0 Å². The zero-order valence-electron chi connectivity index (χ0n) is 9.45. The van der Waals surface area contributed by atoms with Gasteiger partial charge in [-0.25, -0.2) is 9.36 Å². The highest BCUT2D eigenvalue weighted by Gasteiger charge is 2.08. The lowest BCUT2D eigenvalue weighted by Gasteiger charge is -2.05. The third-order valence-electron chi connectivity index (χ3n) is 2.26. The number of hydrogen-bond acceptors (Lipinski definition) is 3. The van der Waals surface area contributed by atoms with Crippen molar-refractivity contribution in [1.29, 1.82) is 0 Å². The van der Waals surface area contributed by atoms with Crippen LogP contribution in [0.25, 0.3) is 0 Å². The minimum absolute atomic E-state index is 0.0613. The van der Waals surface area contributed by atoms with E-state index in [1.807, 2.05) is 20.8 Å². The van der Waals surface area contributed by atoms with Crippen molar-refractivity contribution < 1.29 is 4.42 Å². The molecule has 4 nitrogen and oxygen atoms in total. The molecule has 0 fully saturated rings. The maximum atomic E-state index is 11.6. The van der Waals surface area contributed by atoms with Gasteiger partial charge in [-0.2, -0.15) is 0 Å². The average Bonchev–Trinajstić information content (AvgIpc) is 2.16. The smallest absolute Gasteiger partial charge is 0.414 e. The van der Waals surface area contributed by atoms with E-state index in [9.17, 15) is 9.59 Å². The van der Waals surface area contributed by atoms with E-state index in [-0.39, 0.29) is 11.5 Å². The summed E-state index contributed by atoms with van der Waals surface area (Å²) < 4.78 is 6.20. The lowest BCUT2D eigenvalue weighted by atomic mass is 10.1. The molecule has 4 heteroatoms. The molecule has 0 aliphatic rings. The predicted octanol–water partition coefficient (Wildman–Crippen LogP) is 1.72. The van der Waals surface area contributed by atoms with Gasteiger partial charge in [-0.05, 0) is 6.42 Å². The Kier molecular flexibility index (Phi) is 3.88. The maximum absolute atomic E-state index is 11.6. The van der Waals surface area contributed by atoms with Crippen molar-refractivity contribution in [1.82, 2.24) is 4.57 Å². The van der Waals surface area contributed by atoms with E-state index in [4.69, 9.17) is 4.42 Å². The SMILES string of the molecule is CCCCn1c(=O)cc(C(C)C)oc1=O. The number of unbranched alkanes of at least 4 members (excludes halogenated alkanes) is 1. The number of rotatable bonds is 4. The van der Waals surface area contributed by atoms with Crippen LogP contribution in [0.3, 0.4) is 0 Å². The molecule has 0 N–H and O–H groups in total. The van der Waals surface area contributed by atoms with Gasteiger partial charge in [0.05, 0.1) is 0 Å². The molecule has 1 rings (SSSR count). The summed E-state index contributed by atoms with van der Waals surface area (Å²) in [6.45, 7) is 6.22. The summed E-state index contributed by atoms with van der Waals surface area (Å²) in [6.07, 6.45) is 1.75. The van der Waals surface area contributed by atoms with Crippen molar-refractivity contribution in [3.05, 3.63) is 32.7 Å². The van der Waals surface area contributed by atoms with E-state index < -0.39 is 5.76 Å². The molecular weight excluding hydrogens is 194 g/mol.